The Balaban J connectivity index is 1.16. The van der Waals surface area contributed by atoms with Crippen molar-refractivity contribution < 1.29 is 52.9 Å². The maximum absolute atomic E-state index is 14.8. The van der Waals surface area contributed by atoms with Crippen LogP contribution in [0.3, 0.4) is 0 Å². The Labute approximate surface area is 445 Å². The summed E-state index contributed by atoms with van der Waals surface area (Å²) in [5, 5.41) is 31.2. The molecule has 2 aliphatic rings. The molecule has 2 aromatic heterocycles. The van der Waals surface area contributed by atoms with E-state index in [-0.39, 0.29) is 39.3 Å². The molecular weight excluding hydrogens is 1050 g/mol. The van der Waals surface area contributed by atoms with E-state index in [1.165, 1.54) is 71.8 Å². The fraction of sp³-hybridized carbons (Fsp3) is 0.255. The van der Waals surface area contributed by atoms with Crippen molar-refractivity contribution in [2.75, 3.05) is 16.8 Å². The first-order valence-corrected chi connectivity index (χ1v) is 27.2. The number of β-lactam (4-membered cyclic amide) rings is 1. The molecule has 4 aromatic carbocycles. The zero-order valence-electron chi connectivity index (χ0n) is 40.4. The van der Waals surface area contributed by atoms with Gasteiger partial charge in [-0.2, -0.15) is 0 Å². The van der Waals surface area contributed by atoms with E-state index in [1.54, 1.807) is 26.2 Å². The summed E-state index contributed by atoms with van der Waals surface area (Å²) < 4.78 is 16.9. The number of thiazole rings is 1. The standard InChI is InChI=1S/C51H47N7O11S5/c1-28-55-56-49(73-28)72-26-31-25-70-44-40(43(62)58(44)41(31)45(63)64)53-42(61)39(57-69-47(46(65)68-50(4,5)6)74-35-22-23-37(66-29(2)59)38(24-35)67-30(3)60)36-27-71-48(52-36)54-51(32-16-10-7-11-17-32,33-18-12-8-13-19-33)34-20-14-9-15-21-34/h7-24,27,40,44,47H,25-26H2,1-6H3,(H,52,54)(H,53,61)(H,63,64)/t40-,44+,47-/m1/s1. The third-order valence-corrected chi connectivity index (χ3v) is 16.0. The average Bonchev–Trinajstić information content (AvgIpc) is 4.02. The van der Waals surface area contributed by atoms with E-state index in [2.05, 4.69) is 26.0 Å². The minimum atomic E-state index is -1.63. The van der Waals surface area contributed by atoms with Gasteiger partial charge in [0.05, 0.1) is 0 Å². The van der Waals surface area contributed by atoms with Crippen molar-refractivity contribution in [2.45, 2.75) is 78.8 Å². The highest BCUT2D eigenvalue weighted by atomic mass is 32.2. The topological polar surface area (TPSA) is 238 Å². The number of rotatable bonds is 19. The lowest BCUT2D eigenvalue weighted by Crippen LogP contribution is -2.71. The van der Waals surface area contributed by atoms with Crippen molar-refractivity contribution in [2.24, 2.45) is 5.16 Å². The number of hydrogen-bond acceptors (Lipinski definition) is 20. The maximum Gasteiger partial charge on any atom is 0.361 e. The first-order chi connectivity index (χ1) is 35.4. The van der Waals surface area contributed by atoms with Gasteiger partial charge in [0.1, 0.15) is 39.0 Å². The Morgan fingerprint density at radius 2 is 1.47 bits per heavy atom. The van der Waals surface area contributed by atoms with Crippen LogP contribution in [0.4, 0.5) is 5.13 Å². The van der Waals surface area contributed by atoms with Crippen molar-refractivity contribution in [3.8, 4) is 11.5 Å². The van der Waals surface area contributed by atoms with E-state index in [0.29, 0.717) is 15.0 Å². The number of amides is 2. The number of carbonyl (C=O) groups is 6. The summed E-state index contributed by atoms with van der Waals surface area (Å²) in [6.07, 6.45) is 0. The highest BCUT2D eigenvalue weighted by Gasteiger charge is 2.54. The van der Waals surface area contributed by atoms with Gasteiger partial charge in [-0.15, -0.1) is 33.3 Å². The van der Waals surface area contributed by atoms with Gasteiger partial charge in [-0.25, -0.2) is 14.6 Å². The fourth-order valence-corrected chi connectivity index (χ4v) is 12.6. The number of esters is 3. The third kappa shape index (κ3) is 12.3. The van der Waals surface area contributed by atoms with Gasteiger partial charge in [-0.05, 0) is 68.2 Å². The predicted octanol–water partition coefficient (Wildman–Crippen LogP) is 8.27. The first-order valence-electron chi connectivity index (χ1n) is 22.6. The number of carbonyl (C=O) groups excluding carboxylic acids is 5. The van der Waals surface area contributed by atoms with Gasteiger partial charge in [0.15, 0.2) is 26.7 Å². The fourth-order valence-electron chi connectivity index (χ4n) is 7.80. The quantitative estimate of drug-likeness (QED) is 0.0101. The maximum atomic E-state index is 14.8. The summed E-state index contributed by atoms with van der Waals surface area (Å²) in [6, 6.07) is 32.4. The number of nitrogens with one attached hydrogen (secondary N) is 2. The number of fused-ring (bicyclic) bond motifs is 1. The summed E-state index contributed by atoms with van der Waals surface area (Å²) in [7, 11) is 0. The van der Waals surface area contributed by atoms with Crippen LogP contribution in [0.25, 0.3) is 0 Å². The number of carboxylic acid groups (broad SMARTS) is 1. The number of ether oxygens (including phenoxy) is 3. The molecule has 8 rings (SSSR count). The van der Waals surface area contributed by atoms with Gasteiger partial charge in [-0.3, -0.25) is 24.1 Å². The largest absolute Gasteiger partial charge is 0.477 e. The predicted molar refractivity (Wildman–Crippen MR) is 282 cm³/mol. The summed E-state index contributed by atoms with van der Waals surface area (Å²) in [4.78, 5) is 91.8. The molecule has 2 aliphatic heterocycles. The molecule has 0 unspecified atom stereocenters. The Morgan fingerprint density at radius 1 is 0.865 bits per heavy atom. The SMILES string of the molecule is CC(=O)Oc1ccc(S[C@@H](ON=C(C(=O)N[C@@H]2C(=O)N3C(C(=O)O)=C(CSc4nnc(C)s4)CS[C@@H]23)c2csc(NC(c3ccccc3)(c3ccccc3)c3ccccc3)n2)C(=O)OC(C)(C)C)cc1OC(C)=O. The number of benzene rings is 4. The lowest BCUT2D eigenvalue weighted by Gasteiger charge is -2.49. The molecule has 23 heteroatoms. The van der Waals surface area contributed by atoms with E-state index in [1.807, 2.05) is 97.9 Å². The molecule has 0 aliphatic carbocycles. The Kier molecular flexibility index (Phi) is 16.6. The third-order valence-electron chi connectivity index (χ3n) is 10.8. The van der Waals surface area contributed by atoms with Crippen LogP contribution in [-0.2, 0) is 43.9 Å². The second-order valence-electron chi connectivity index (χ2n) is 17.3. The van der Waals surface area contributed by atoms with Gasteiger partial charge >= 0.3 is 23.9 Å². The normalized spacial score (nSPS) is 16.1. The molecule has 1 saturated heterocycles. The minimum Gasteiger partial charge on any atom is -0.477 e. The Hall–Kier alpha value is -7.05. The number of anilines is 1. The van der Waals surface area contributed by atoms with Crippen LogP contribution in [-0.4, -0.2) is 101 Å². The lowest BCUT2D eigenvalue weighted by atomic mass is 9.77. The average molecular weight is 1090 g/mol. The van der Waals surface area contributed by atoms with E-state index in [9.17, 15) is 33.9 Å². The molecule has 2 amide bonds. The first kappa shape index (κ1) is 53.2. The van der Waals surface area contributed by atoms with Crippen molar-refractivity contribution in [3.05, 3.63) is 153 Å². The summed E-state index contributed by atoms with van der Waals surface area (Å²) in [5.74, 6) is -4.84. The van der Waals surface area contributed by atoms with E-state index >= 15 is 0 Å². The summed E-state index contributed by atoms with van der Waals surface area (Å²) >= 11 is 5.93. The molecule has 1 fully saturated rings. The number of carboxylic acids is 1. The van der Waals surface area contributed by atoms with Crippen LogP contribution in [0.15, 0.2) is 140 Å². The van der Waals surface area contributed by atoms with E-state index in [4.69, 9.17) is 24.0 Å². The monoisotopic (exact) mass is 1090 g/mol. The number of aromatic nitrogens is 3. The van der Waals surface area contributed by atoms with Crippen molar-refractivity contribution in [1.82, 2.24) is 25.4 Å². The molecule has 382 valence electrons. The van der Waals surface area contributed by atoms with Crippen molar-refractivity contribution in [3.63, 3.8) is 0 Å². The van der Waals surface area contributed by atoms with E-state index < -0.39 is 69.4 Å². The Morgan fingerprint density at radius 3 is 2.03 bits per heavy atom. The van der Waals surface area contributed by atoms with Crippen molar-refractivity contribution >= 4 is 104 Å². The number of aliphatic carboxylic acids is 1. The number of oxime groups is 1. The zero-order chi connectivity index (χ0) is 52.7. The highest BCUT2D eigenvalue weighted by molar-refractivity contribution is 8.02. The molecule has 6 aromatic rings. The molecule has 0 saturated carbocycles. The molecular formula is C51H47N7O11S5. The van der Waals surface area contributed by atoms with Crippen LogP contribution < -0.4 is 20.1 Å². The summed E-state index contributed by atoms with van der Waals surface area (Å²) in [6.45, 7) is 9.12. The number of hydrogen-bond donors (Lipinski definition) is 3. The second kappa shape index (κ2) is 23.0. The van der Waals surface area contributed by atoms with Crippen LogP contribution in [0.2, 0.25) is 0 Å². The van der Waals surface area contributed by atoms with Crippen molar-refractivity contribution in [1.29, 1.82) is 0 Å². The van der Waals surface area contributed by atoms with Gasteiger partial charge in [0, 0.05) is 35.6 Å². The number of thioether (sulfide) groups is 3. The molecule has 3 atom stereocenters. The van der Waals surface area contributed by atoms with Gasteiger partial charge in [-0.1, -0.05) is 131 Å². The smallest absolute Gasteiger partial charge is 0.361 e. The number of aryl methyl sites for hydroxylation is 1. The molecule has 4 heterocycles. The summed E-state index contributed by atoms with van der Waals surface area (Å²) in [5.41, 5.74) is -1.13. The Bertz CT molecular complexity index is 3050. The molecule has 0 spiro atoms. The molecule has 3 N–H and O–H groups in total. The van der Waals surface area contributed by atoms with Gasteiger partial charge in [0.2, 0.25) is 0 Å². The minimum absolute atomic E-state index is 0.00817. The van der Waals surface area contributed by atoms with Crippen LogP contribution in [0.1, 0.15) is 62.0 Å². The molecule has 18 nitrogen and oxygen atoms in total. The van der Waals surface area contributed by atoms with Gasteiger partial charge < -0.3 is 34.8 Å². The molecule has 0 bridgehead atoms. The lowest BCUT2D eigenvalue weighted by molar-refractivity contribution is -0.162. The number of nitrogens with zero attached hydrogens (tertiary/aromatic N) is 5. The van der Waals surface area contributed by atoms with Crippen LogP contribution in [0.5, 0.6) is 11.5 Å². The van der Waals surface area contributed by atoms with E-state index in [0.717, 1.165) is 44.8 Å². The molecule has 74 heavy (non-hydrogen) atoms. The zero-order valence-corrected chi connectivity index (χ0v) is 44.5. The molecule has 0 radical (unpaired) electrons. The second-order valence-corrected chi connectivity index (χ2v) is 22.8. The van der Waals surface area contributed by atoms with Crippen LogP contribution in [0, 0.1) is 6.92 Å². The highest BCUT2D eigenvalue weighted by Crippen LogP contribution is 2.43. The van der Waals surface area contributed by atoms with Crippen LogP contribution >= 0.6 is 58.0 Å². The van der Waals surface area contributed by atoms with Gasteiger partial charge in [0.25, 0.3) is 17.3 Å².